The summed E-state index contributed by atoms with van der Waals surface area (Å²) < 4.78 is 5.66. The number of rotatable bonds is 3. The van der Waals surface area contributed by atoms with Crippen molar-refractivity contribution in [2.45, 2.75) is 26.0 Å². The van der Waals surface area contributed by atoms with Crippen LogP contribution in [0.15, 0.2) is 18.2 Å². The third kappa shape index (κ3) is 3.37. The first-order valence-electron chi connectivity index (χ1n) is 6.50. The molecular formula is C14H21ClN2O. The van der Waals surface area contributed by atoms with E-state index >= 15 is 0 Å². The lowest BCUT2D eigenvalue weighted by atomic mass is 10.2. The van der Waals surface area contributed by atoms with Gasteiger partial charge in [-0.1, -0.05) is 17.7 Å². The van der Waals surface area contributed by atoms with Gasteiger partial charge in [0, 0.05) is 26.2 Å². The van der Waals surface area contributed by atoms with Crippen molar-refractivity contribution < 1.29 is 4.74 Å². The molecule has 4 heteroatoms. The van der Waals surface area contributed by atoms with E-state index < -0.39 is 0 Å². The smallest absolute Gasteiger partial charge is 0.0721 e. The van der Waals surface area contributed by atoms with Gasteiger partial charge in [-0.15, -0.1) is 0 Å². The zero-order chi connectivity index (χ0) is 13.0. The molecule has 1 fully saturated rings. The molecule has 1 aromatic carbocycles. The predicted molar refractivity (Wildman–Crippen MR) is 76.5 cm³/mol. The van der Waals surface area contributed by atoms with E-state index in [-0.39, 0.29) is 6.10 Å². The molecule has 0 spiro atoms. The summed E-state index contributed by atoms with van der Waals surface area (Å²) in [6, 6.07) is 6.30. The molecule has 1 N–H and O–H groups in total. The molecule has 1 atom stereocenters. The van der Waals surface area contributed by atoms with Crippen molar-refractivity contribution in [3.05, 3.63) is 28.8 Å². The monoisotopic (exact) mass is 268 g/mol. The van der Waals surface area contributed by atoms with Crippen LogP contribution in [0.1, 0.15) is 18.9 Å². The molecule has 1 aliphatic rings. The van der Waals surface area contributed by atoms with Crippen LogP contribution in [0.3, 0.4) is 0 Å². The minimum absolute atomic E-state index is 0.264. The molecular weight excluding hydrogens is 248 g/mol. The summed E-state index contributed by atoms with van der Waals surface area (Å²) in [5.74, 6) is 0. The van der Waals surface area contributed by atoms with E-state index in [1.165, 1.54) is 5.56 Å². The lowest BCUT2D eigenvalue weighted by molar-refractivity contribution is 0.0821. The standard InChI is InChI=1S/C14H21ClN2O/c1-11-10-17(6-3-7-18-11)14-5-4-12(9-16-2)8-13(14)15/h4-5,8,11,16H,3,6-7,9-10H2,1-2H3. The van der Waals surface area contributed by atoms with Crippen LogP contribution in [0.25, 0.3) is 0 Å². The van der Waals surface area contributed by atoms with E-state index in [9.17, 15) is 0 Å². The van der Waals surface area contributed by atoms with Crippen molar-refractivity contribution in [2.75, 3.05) is 31.6 Å². The predicted octanol–water partition coefficient (Wildman–Crippen LogP) is 2.67. The molecule has 0 saturated carbocycles. The lowest BCUT2D eigenvalue weighted by Gasteiger charge is -2.25. The topological polar surface area (TPSA) is 24.5 Å². The lowest BCUT2D eigenvalue weighted by Crippen LogP contribution is -2.30. The van der Waals surface area contributed by atoms with Crippen LogP contribution in [0.4, 0.5) is 5.69 Å². The van der Waals surface area contributed by atoms with Crippen molar-refractivity contribution in [3.8, 4) is 0 Å². The third-order valence-corrected chi connectivity index (χ3v) is 3.49. The maximum absolute atomic E-state index is 6.39. The fourth-order valence-electron chi connectivity index (χ4n) is 2.33. The third-order valence-electron chi connectivity index (χ3n) is 3.19. The summed E-state index contributed by atoms with van der Waals surface area (Å²) in [5.41, 5.74) is 2.33. The van der Waals surface area contributed by atoms with E-state index in [2.05, 4.69) is 29.3 Å². The first-order valence-corrected chi connectivity index (χ1v) is 6.88. The van der Waals surface area contributed by atoms with Crippen molar-refractivity contribution in [1.29, 1.82) is 0 Å². The Morgan fingerprint density at radius 3 is 3.06 bits per heavy atom. The molecule has 1 unspecified atom stereocenters. The van der Waals surface area contributed by atoms with Crippen LogP contribution in [0.5, 0.6) is 0 Å². The van der Waals surface area contributed by atoms with Crippen LogP contribution in [0.2, 0.25) is 5.02 Å². The number of halogens is 1. The number of hydrogen-bond acceptors (Lipinski definition) is 3. The summed E-state index contributed by atoms with van der Waals surface area (Å²) in [7, 11) is 1.94. The van der Waals surface area contributed by atoms with Crippen LogP contribution in [0, 0.1) is 0 Å². The highest BCUT2D eigenvalue weighted by Gasteiger charge is 2.17. The number of anilines is 1. The number of benzene rings is 1. The number of hydrogen-bond donors (Lipinski definition) is 1. The second-order valence-electron chi connectivity index (χ2n) is 4.80. The Bertz CT molecular complexity index is 397. The number of nitrogens with zero attached hydrogens (tertiary/aromatic N) is 1. The summed E-state index contributed by atoms with van der Waals surface area (Å²) in [6.45, 7) is 5.72. The van der Waals surface area contributed by atoms with Gasteiger partial charge in [-0.2, -0.15) is 0 Å². The molecule has 1 aromatic rings. The van der Waals surface area contributed by atoms with Crippen LogP contribution in [-0.4, -0.2) is 32.8 Å². The van der Waals surface area contributed by atoms with Crippen molar-refractivity contribution in [1.82, 2.24) is 5.32 Å². The van der Waals surface area contributed by atoms with Gasteiger partial charge < -0.3 is 15.0 Å². The van der Waals surface area contributed by atoms with Gasteiger partial charge in [0.25, 0.3) is 0 Å². The summed E-state index contributed by atoms with van der Waals surface area (Å²) >= 11 is 6.39. The number of nitrogens with one attached hydrogen (secondary N) is 1. The van der Waals surface area contributed by atoms with Gasteiger partial charge >= 0.3 is 0 Å². The maximum atomic E-state index is 6.39. The molecule has 1 saturated heterocycles. The van der Waals surface area contributed by atoms with Gasteiger partial charge in [0.1, 0.15) is 0 Å². The fraction of sp³-hybridized carbons (Fsp3) is 0.571. The first kappa shape index (κ1) is 13.7. The Labute approximate surface area is 114 Å². The van der Waals surface area contributed by atoms with E-state index in [0.717, 1.165) is 43.4 Å². The second kappa shape index (κ2) is 6.41. The van der Waals surface area contributed by atoms with Gasteiger partial charge in [-0.3, -0.25) is 0 Å². The van der Waals surface area contributed by atoms with Gasteiger partial charge in [-0.05, 0) is 38.1 Å². The first-order chi connectivity index (χ1) is 8.70. The zero-order valence-corrected chi connectivity index (χ0v) is 11.8. The molecule has 1 aliphatic heterocycles. The Morgan fingerprint density at radius 1 is 1.50 bits per heavy atom. The second-order valence-corrected chi connectivity index (χ2v) is 5.20. The van der Waals surface area contributed by atoms with E-state index in [0.29, 0.717) is 0 Å². The summed E-state index contributed by atoms with van der Waals surface area (Å²) in [4.78, 5) is 2.32. The van der Waals surface area contributed by atoms with Gasteiger partial charge in [0.15, 0.2) is 0 Å². The zero-order valence-electron chi connectivity index (χ0n) is 11.1. The Morgan fingerprint density at radius 2 is 2.33 bits per heavy atom. The molecule has 0 amide bonds. The minimum atomic E-state index is 0.264. The van der Waals surface area contributed by atoms with E-state index in [1.54, 1.807) is 0 Å². The maximum Gasteiger partial charge on any atom is 0.0721 e. The largest absolute Gasteiger partial charge is 0.377 e. The van der Waals surface area contributed by atoms with Gasteiger partial charge in [0.2, 0.25) is 0 Å². The molecule has 100 valence electrons. The molecule has 2 rings (SSSR count). The van der Waals surface area contributed by atoms with Crippen molar-refractivity contribution in [3.63, 3.8) is 0 Å². The SMILES string of the molecule is CNCc1ccc(N2CCCOC(C)C2)c(Cl)c1. The molecule has 0 aliphatic carbocycles. The highest BCUT2D eigenvalue weighted by molar-refractivity contribution is 6.33. The fourth-order valence-corrected chi connectivity index (χ4v) is 2.66. The minimum Gasteiger partial charge on any atom is -0.377 e. The highest BCUT2D eigenvalue weighted by atomic mass is 35.5. The molecule has 0 aromatic heterocycles. The van der Waals surface area contributed by atoms with Crippen molar-refractivity contribution >= 4 is 17.3 Å². The van der Waals surface area contributed by atoms with Crippen molar-refractivity contribution in [2.24, 2.45) is 0 Å². The molecule has 1 heterocycles. The van der Waals surface area contributed by atoms with Crippen LogP contribution < -0.4 is 10.2 Å². The van der Waals surface area contributed by atoms with Crippen LogP contribution in [-0.2, 0) is 11.3 Å². The highest BCUT2D eigenvalue weighted by Crippen LogP contribution is 2.28. The van der Waals surface area contributed by atoms with Crippen LogP contribution >= 0.6 is 11.6 Å². The molecule has 18 heavy (non-hydrogen) atoms. The molecule has 3 nitrogen and oxygen atoms in total. The molecule has 0 bridgehead atoms. The van der Waals surface area contributed by atoms with E-state index in [4.69, 9.17) is 16.3 Å². The molecule has 0 radical (unpaired) electrons. The quantitative estimate of drug-likeness (QED) is 0.912. The Hall–Kier alpha value is -0.770. The summed E-state index contributed by atoms with van der Waals surface area (Å²) in [6.07, 6.45) is 1.32. The average Bonchev–Trinajstić information content (AvgIpc) is 2.54. The average molecular weight is 269 g/mol. The van der Waals surface area contributed by atoms with Gasteiger partial charge in [0.05, 0.1) is 16.8 Å². The summed E-state index contributed by atoms with van der Waals surface area (Å²) in [5, 5.41) is 3.97. The number of ether oxygens (including phenoxy) is 1. The van der Waals surface area contributed by atoms with Gasteiger partial charge in [-0.25, -0.2) is 0 Å². The van der Waals surface area contributed by atoms with E-state index in [1.807, 2.05) is 13.1 Å². The normalized spacial score (nSPS) is 20.8. The Kier molecular flexibility index (Phi) is 4.87. The Balaban J connectivity index is 2.16.